The Bertz CT molecular complexity index is 656. The Labute approximate surface area is 134 Å². The summed E-state index contributed by atoms with van der Waals surface area (Å²) < 4.78 is 5.79. The number of aryl methyl sites for hydroxylation is 1. The Kier molecular flexibility index (Phi) is 4.80. The summed E-state index contributed by atoms with van der Waals surface area (Å²) in [5.74, 6) is 0. The number of hydrogen-bond acceptors (Lipinski definition) is 2. The number of hydrogen-bond donors (Lipinski definition) is 0. The Morgan fingerprint density at radius 3 is 2.45 bits per heavy atom. The average Bonchev–Trinajstić information content (AvgIpc) is 2.98. The fraction of sp³-hybridized carbons (Fsp3) is 0.500. The molecule has 1 aliphatic rings. The lowest BCUT2D eigenvalue weighted by atomic mass is 9.94. The van der Waals surface area contributed by atoms with Crippen molar-refractivity contribution in [2.75, 3.05) is 13.1 Å². The van der Waals surface area contributed by atoms with Crippen molar-refractivity contribution in [3.63, 3.8) is 0 Å². The van der Waals surface area contributed by atoms with Crippen LogP contribution in [0.15, 0.2) is 24.3 Å². The van der Waals surface area contributed by atoms with Crippen molar-refractivity contribution >= 4 is 10.8 Å². The van der Waals surface area contributed by atoms with Crippen molar-refractivity contribution in [1.29, 1.82) is 0 Å². The van der Waals surface area contributed by atoms with Crippen molar-refractivity contribution in [2.45, 2.75) is 53.4 Å². The maximum Gasteiger partial charge on any atom is 0.0731 e. The average molecular weight is 297 g/mol. The van der Waals surface area contributed by atoms with Crippen LogP contribution in [0.25, 0.3) is 10.8 Å². The van der Waals surface area contributed by atoms with Crippen molar-refractivity contribution < 1.29 is 4.74 Å². The first-order valence-electron chi connectivity index (χ1n) is 8.57. The first kappa shape index (κ1) is 15.5. The highest BCUT2D eigenvalue weighted by Crippen LogP contribution is 2.33. The molecule has 2 heteroatoms. The van der Waals surface area contributed by atoms with Gasteiger partial charge < -0.3 is 4.74 Å². The molecule has 0 bridgehead atoms. The molecule has 0 amide bonds. The molecule has 2 nitrogen and oxygen atoms in total. The van der Waals surface area contributed by atoms with Gasteiger partial charge >= 0.3 is 0 Å². The molecule has 0 saturated carbocycles. The van der Waals surface area contributed by atoms with E-state index in [1.165, 1.54) is 59.0 Å². The summed E-state index contributed by atoms with van der Waals surface area (Å²) >= 11 is 0. The summed E-state index contributed by atoms with van der Waals surface area (Å²) in [6.45, 7) is 11.6. The molecule has 0 radical (unpaired) electrons. The van der Waals surface area contributed by atoms with E-state index < -0.39 is 0 Å². The minimum atomic E-state index is 0.769. The van der Waals surface area contributed by atoms with Gasteiger partial charge in [-0.05, 0) is 66.4 Å². The zero-order valence-electron chi connectivity index (χ0n) is 14.1. The van der Waals surface area contributed by atoms with E-state index in [4.69, 9.17) is 4.74 Å². The molecular weight excluding hydrogens is 270 g/mol. The Hall–Kier alpha value is -1.38. The molecule has 118 valence electrons. The summed E-state index contributed by atoms with van der Waals surface area (Å²) in [4.78, 5) is 2.58. The van der Waals surface area contributed by atoms with Crippen LogP contribution >= 0.6 is 0 Å². The Morgan fingerprint density at radius 1 is 1.00 bits per heavy atom. The molecule has 0 saturated heterocycles. The number of fused-ring (bicyclic) bond motifs is 3. The van der Waals surface area contributed by atoms with Crippen LogP contribution in [0.4, 0.5) is 0 Å². The quantitative estimate of drug-likeness (QED) is 0.759. The Morgan fingerprint density at radius 2 is 1.73 bits per heavy atom. The third-order valence-electron chi connectivity index (χ3n) is 4.58. The van der Waals surface area contributed by atoms with Crippen LogP contribution in [-0.2, 0) is 24.5 Å². The first-order valence-corrected chi connectivity index (χ1v) is 8.57. The molecule has 0 N–H and O–H groups in total. The van der Waals surface area contributed by atoms with Crippen molar-refractivity contribution in [2.24, 2.45) is 0 Å². The minimum Gasteiger partial charge on any atom is -0.372 e. The molecule has 2 aromatic rings. The largest absolute Gasteiger partial charge is 0.372 e. The molecule has 1 aliphatic heterocycles. The zero-order valence-corrected chi connectivity index (χ0v) is 14.1. The molecule has 0 unspecified atom stereocenters. The van der Waals surface area contributed by atoms with Crippen molar-refractivity contribution in [1.82, 2.24) is 4.90 Å². The van der Waals surface area contributed by atoms with Gasteiger partial charge in [-0.25, -0.2) is 0 Å². The standard InChI is InChI=1S/C20H27NO/c1-4-8-21(9-5-2)12-17-11-16-7-6-15(3)10-18(16)20-14-22-13-19(17)20/h6-7,10-11H,4-5,8-9,12-14H2,1-3H3. The van der Waals surface area contributed by atoms with Gasteiger partial charge in [-0.1, -0.05) is 37.6 Å². The van der Waals surface area contributed by atoms with E-state index in [0.29, 0.717) is 0 Å². The van der Waals surface area contributed by atoms with Crippen molar-refractivity contribution in [3.05, 3.63) is 46.5 Å². The SMILES string of the molecule is CCCN(CCC)Cc1cc2ccc(C)cc2c2c1COC2. The van der Waals surface area contributed by atoms with Crippen molar-refractivity contribution in [3.8, 4) is 0 Å². The van der Waals surface area contributed by atoms with Crippen LogP contribution in [-0.4, -0.2) is 18.0 Å². The predicted octanol–water partition coefficient (Wildman–Crippen LogP) is 4.80. The molecular formula is C20H27NO. The molecule has 0 aliphatic carbocycles. The summed E-state index contributed by atoms with van der Waals surface area (Å²) in [6.07, 6.45) is 2.43. The van der Waals surface area contributed by atoms with E-state index in [-0.39, 0.29) is 0 Å². The van der Waals surface area contributed by atoms with Gasteiger partial charge in [0.05, 0.1) is 13.2 Å². The van der Waals surface area contributed by atoms with Gasteiger partial charge in [-0.2, -0.15) is 0 Å². The molecule has 3 rings (SSSR count). The highest BCUT2D eigenvalue weighted by molar-refractivity contribution is 5.88. The van der Waals surface area contributed by atoms with Crippen LogP contribution in [0.3, 0.4) is 0 Å². The van der Waals surface area contributed by atoms with Gasteiger partial charge in [0, 0.05) is 6.54 Å². The van der Waals surface area contributed by atoms with Gasteiger partial charge in [0.15, 0.2) is 0 Å². The lowest BCUT2D eigenvalue weighted by Gasteiger charge is -2.23. The summed E-state index contributed by atoms with van der Waals surface area (Å²) in [5.41, 5.74) is 5.65. The van der Waals surface area contributed by atoms with E-state index in [2.05, 4.69) is 49.9 Å². The number of rotatable bonds is 6. The van der Waals surface area contributed by atoms with E-state index in [1.54, 1.807) is 0 Å². The second kappa shape index (κ2) is 6.80. The second-order valence-electron chi connectivity index (χ2n) is 6.49. The smallest absolute Gasteiger partial charge is 0.0731 e. The predicted molar refractivity (Wildman–Crippen MR) is 93.0 cm³/mol. The monoisotopic (exact) mass is 297 g/mol. The molecule has 2 aromatic carbocycles. The summed E-state index contributed by atoms with van der Waals surface area (Å²) in [5, 5.41) is 2.74. The number of ether oxygens (including phenoxy) is 1. The number of benzene rings is 2. The zero-order chi connectivity index (χ0) is 15.5. The number of nitrogens with zero attached hydrogens (tertiary/aromatic N) is 1. The molecule has 1 heterocycles. The molecule has 0 atom stereocenters. The Balaban J connectivity index is 2.01. The molecule has 22 heavy (non-hydrogen) atoms. The topological polar surface area (TPSA) is 12.5 Å². The van der Waals surface area contributed by atoms with Crippen LogP contribution in [0, 0.1) is 6.92 Å². The van der Waals surface area contributed by atoms with Crippen LogP contribution < -0.4 is 0 Å². The van der Waals surface area contributed by atoms with Crippen LogP contribution in [0.5, 0.6) is 0 Å². The maximum absolute atomic E-state index is 5.79. The van der Waals surface area contributed by atoms with E-state index >= 15 is 0 Å². The van der Waals surface area contributed by atoms with Crippen LogP contribution in [0.1, 0.15) is 48.9 Å². The molecule has 0 aromatic heterocycles. The van der Waals surface area contributed by atoms with Gasteiger partial charge in [0.25, 0.3) is 0 Å². The van der Waals surface area contributed by atoms with E-state index in [1.807, 2.05) is 0 Å². The van der Waals surface area contributed by atoms with E-state index in [9.17, 15) is 0 Å². The highest BCUT2D eigenvalue weighted by atomic mass is 16.5. The third-order valence-corrected chi connectivity index (χ3v) is 4.58. The fourth-order valence-corrected chi connectivity index (χ4v) is 3.57. The fourth-order valence-electron chi connectivity index (χ4n) is 3.57. The second-order valence-corrected chi connectivity index (χ2v) is 6.49. The minimum absolute atomic E-state index is 0.769. The van der Waals surface area contributed by atoms with Gasteiger partial charge in [-0.15, -0.1) is 0 Å². The van der Waals surface area contributed by atoms with E-state index in [0.717, 1.165) is 19.8 Å². The first-order chi connectivity index (χ1) is 10.7. The van der Waals surface area contributed by atoms with Gasteiger partial charge in [0.1, 0.15) is 0 Å². The molecule has 0 spiro atoms. The summed E-state index contributed by atoms with van der Waals surface area (Å²) in [7, 11) is 0. The lowest BCUT2D eigenvalue weighted by molar-refractivity contribution is 0.134. The highest BCUT2D eigenvalue weighted by Gasteiger charge is 2.20. The summed E-state index contributed by atoms with van der Waals surface area (Å²) in [6, 6.07) is 9.17. The lowest BCUT2D eigenvalue weighted by Crippen LogP contribution is -2.25. The van der Waals surface area contributed by atoms with Crippen LogP contribution in [0.2, 0.25) is 0 Å². The maximum atomic E-state index is 5.79. The third kappa shape index (κ3) is 3.04. The normalized spacial score (nSPS) is 14.0. The van der Waals surface area contributed by atoms with Gasteiger partial charge in [-0.3, -0.25) is 4.90 Å². The van der Waals surface area contributed by atoms with Gasteiger partial charge in [0.2, 0.25) is 0 Å². The molecule has 0 fully saturated rings.